The number of hydrogen-bond donors (Lipinski definition) is 1. The lowest BCUT2D eigenvalue weighted by Gasteiger charge is -2.26. The summed E-state index contributed by atoms with van der Waals surface area (Å²) in [6, 6.07) is 0. The smallest absolute Gasteiger partial charge is 0.268 e. The van der Waals surface area contributed by atoms with E-state index in [1.165, 1.54) is 11.3 Å². The highest BCUT2D eigenvalue weighted by molar-refractivity contribution is 7.12. The monoisotopic (exact) mass is 309 g/mol. The van der Waals surface area contributed by atoms with Crippen molar-refractivity contribution in [2.24, 2.45) is 11.8 Å². The summed E-state index contributed by atoms with van der Waals surface area (Å²) in [5, 5.41) is 12.6. The van der Waals surface area contributed by atoms with E-state index in [0.717, 1.165) is 12.8 Å². The number of fused-ring (bicyclic) bond motifs is 1. The summed E-state index contributed by atoms with van der Waals surface area (Å²) in [5.74, 6) is 1.68. The quantitative estimate of drug-likeness (QED) is 0.904. The highest BCUT2D eigenvalue weighted by Crippen LogP contribution is 2.48. The molecule has 0 bridgehead atoms. The Bertz CT molecular complexity index is 582. The Hall–Kier alpha value is -1.27. The number of carbonyl (C=O) groups excluding carboxylic acids is 1. The van der Waals surface area contributed by atoms with Crippen LogP contribution in [0.25, 0.3) is 0 Å². The molecule has 1 aromatic rings. The lowest BCUT2D eigenvalue weighted by molar-refractivity contribution is -0.00364. The van der Waals surface area contributed by atoms with Crippen LogP contribution in [0.2, 0.25) is 0 Å². The molecule has 1 aromatic heterocycles. The van der Waals surface area contributed by atoms with E-state index in [2.05, 4.69) is 0 Å². The van der Waals surface area contributed by atoms with E-state index in [4.69, 9.17) is 9.47 Å². The van der Waals surface area contributed by atoms with Gasteiger partial charge in [-0.1, -0.05) is 6.92 Å². The van der Waals surface area contributed by atoms with Gasteiger partial charge in [0.15, 0.2) is 11.5 Å². The van der Waals surface area contributed by atoms with E-state index in [1.807, 2.05) is 12.3 Å². The number of hydrogen-bond acceptors (Lipinski definition) is 5. The standard InChI is InChI=1S/C15H19NO4S/c1-9-6-16(8-15(9,18)10-2-3-10)14(17)13-12-11(7-21-13)19-4-5-20-12/h7,9-10,18H,2-6,8H2,1H3/t9-,15+/m1/s1. The van der Waals surface area contributed by atoms with Crippen LogP contribution in [0.1, 0.15) is 29.4 Å². The van der Waals surface area contributed by atoms with E-state index in [-0.39, 0.29) is 11.8 Å². The molecular formula is C15H19NO4S. The van der Waals surface area contributed by atoms with Crippen LogP contribution in [0, 0.1) is 11.8 Å². The topological polar surface area (TPSA) is 59.0 Å². The summed E-state index contributed by atoms with van der Waals surface area (Å²) in [4.78, 5) is 15.1. The van der Waals surface area contributed by atoms with Gasteiger partial charge in [0.1, 0.15) is 18.1 Å². The molecule has 1 N–H and O–H groups in total. The number of likely N-dealkylation sites (tertiary alicyclic amines) is 1. The Kier molecular flexibility index (Phi) is 2.94. The third-order valence-electron chi connectivity index (χ3n) is 4.86. The number of β-amino-alcohol motifs (C(OH)–C–C–N with tert-alkyl or cyclic N) is 1. The van der Waals surface area contributed by atoms with Crippen molar-refractivity contribution in [1.82, 2.24) is 4.90 Å². The van der Waals surface area contributed by atoms with Crippen molar-refractivity contribution in [1.29, 1.82) is 0 Å². The first-order valence-corrected chi connectivity index (χ1v) is 8.36. The molecule has 2 atom stereocenters. The highest BCUT2D eigenvalue weighted by Gasteiger charge is 2.53. The average molecular weight is 309 g/mol. The van der Waals surface area contributed by atoms with Crippen molar-refractivity contribution in [3.05, 3.63) is 10.3 Å². The number of thiophene rings is 1. The zero-order valence-corrected chi connectivity index (χ0v) is 12.8. The molecule has 2 aliphatic heterocycles. The summed E-state index contributed by atoms with van der Waals surface area (Å²) in [7, 11) is 0. The van der Waals surface area contributed by atoms with Gasteiger partial charge in [0, 0.05) is 17.8 Å². The van der Waals surface area contributed by atoms with Gasteiger partial charge in [-0.05, 0) is 18.8 Å². The first-order valence-electron chi connectivity index (χ1n) is 7.48. The molecule has 0 radical (unpaired) electrons. The van der Waals surface area contributed by atoms with Gasteiger partial charge in [0.25, 0.3) is 5.91 Å². The van der Waals surface area contributed by atoms with Gasteiger partial charge in [-0.2, -0.15) is 0 Å². The molecule has 5 nitrogen and oxygen atoms in total. The Morgan fingerprint density at radius 3 is 2.95 bits per heavy atom. The van der Waals surface area contributed by atoms with E-state index in [1.54, 1.807) is 4.90 Å². The van der Waals surface area contributed by atoms with Crippen molar-refractivity contribution < 1.29 is 19.4 Å². The fourth-order valence-electron chi connectivity index (χ4n) is 3.44. The molecule has 21 heavy (non-hydrogen) atoms. The first kappa shape index (κ1) is 13.4. The second kappa shape index (κ2) is 4.61. The minimum absolute atomic E-state index is 0.0461. The fraction of sp³-hybridized carbons (Fsp3) is 0.667. The molecule has 1 saturated carbocycles. The predicted octanol–water partition coefficient (Wildman–Crippen LogP) is 1.75. The van der Waals surface area contributed by atoms with Gasteiger partial charge >= 0.3 is 0 Å². The number of ether oxygens (including phenoxy) is 2. The number of nitrogens with zero attached hydrogens (tertiary/aromatic N) is 1. The maximum atomic E-state index is 12.7. The molecule has 4 rings (SSSR count). The lowest BCUT2D eigenvalue weighted by Crippen LogP contribution is -2.40. The molecule has 6 heteroatoms. The zero-order valence-electron chi connectivity index (χ0n) is 12.0. The molecule has 1 saturated heterocycles. The van der Waals surface area contributed by atoms with E-state index >= 15 is 0 Å². The normalized spacial score (nSPS) is 31.5. The van der Waals surface area contributed by atoms with Gasteiger partial charge in [-0.25, -0.2) is 0 Å². The van der Waals surface area contributed by atoms with Crippen LogP contribution in [0.3, 0.4) is 0 Å². The molecular weight excluding hydrogens is 290 g/mol. The van der Waals surface area contributed by atoms with Crippen LogP contribution in [0.15, 0.2) is 5.38 Å². The predicted molar refractivity (Wildman–Crippen MR) is 78.1 cm³/mol. The summed E-state index contributed by atoms with van der Waals surface area (Å²) in [6.07, 6.45) is 2.16. The maximum Gasteiger partial charge on any atom is 0.268 e. The summed E-state index contributed by atoms with van der Waals surface area (Å²) >= 11 is 1.36. The Labute approximate surface area is 127 Å². The van der Waals surface area contributed by atoms with Crippen LogP contribution in [-0.4, -0.2) is 47.8 Å². The third-order valence-corrected chi connectivity index (χ3v) is 5.79. The van der Waals surface area contributed by atoms with Gasteiger partial charge in [-0.15, -0.1) is 11.3 Å². The Morgan fingerprint density at radius 2 is 2.19 bits per heavy atom. The van der Waals surface area contributed by atoms with E-state index in [9.17, 15) is 9.90 Å². The van der Waals surface area contributed by atoms with E-state index < -0.39 is 5.60 Å². The van der Waals surface area contributed by atoms with Crippen molar-refractivity contribution >= 4 is 17.2 Å². The molecule has 2 fully saturated rings. The van der Waals surface area contributed by atoms with Crippen LogP contribution in [0.4, 0.5) is 0 Å². The fourth-order valence-corrected chi connectivity index (χ4v) is 4.33. The summed E-state index contributed by atoms with van der Waals surface area (Å²) < 4.78 is 11.1. The number of rotatable bonds is 2. The second-order valence-electron chi connectivity index (χ2n) is 6.31. The molecule has 0 aromatic carbocycles. The molecule has 3 aliphatic rings. The van der Waals surface area contributed by atoms with Gasteiger partial charge < -0.3 is 19.5 Å². The first-order chi connectivity index (χ1) is 10.1. The summed E-state index contributed by atoms with van der Waals surface area (Å²) in [6.45, 7) is 4.09. The minimum Gasteiger partial charge on any atom is -0.485 e. The van der Waals surface area contributed by atoms with Crippen LogP contribution in [0.5, 0.6) is 11.5 Å². The molecule has 0 unspecified atom stereocenters. The Balaban J connectivity index is 1.57. The van der Waals surface area contributed by atoms with Crippen molar-refractivity contribution in [3.8, 4) is 11.5 Å². The number of amides is 1. The Morgan fingerprint density at radius 1 is 1.43 bits per heavy atom. The molecule has 1 aliphatic carbocycles. The van der Waals surface area contributed by atoms with Gasteiger partial charge in [0.2, 0.25) is 0 Å². The average Bonchev–Trinajstić information content (AvgIpc) is 3.19. The van der Waals surface area contributed by atoms with Crippen molar-refractivity contribution in [3.63, 3.8) is 0 Å². The van der Waals surface area contributed by atoms with Gasteiger partial charge in [0.05, 0.1) is 12.1 Å². The van der Waals surface area contributed by atoms with Crippen LogP contribution in [-0.2, 0) is 0 Å². The lowest BCUT2D eigenvalue weighted by atomic mass is 9.88. The zero-order chi connectivity index (χ0) is 14.6. The molecule has 0 spiro atoms. The number of carbonyl (C=O) groups is 1. The molecule has 114 valence electrons. The second-order valence-corrected chi connectivity index (χ2v) is 7.19. The van der Waals surface area contributed by atoms with Crippen LogP contribution >= 0.6 is 11.3 Å². The third kappa shape index (κ3) is 2.04. The maximum absolute atomic E-state index is 12.7. The van der Waals surface area contributed by atoms with Crippen molar-refractivity contribution in [2.75, 3.05) is 26.3 Å². The molecule has 3 heterocycles. The van der Waals surface area contributed by atoms with Crippen molar-refractivity contribution in [2.45, 2.75) is 25.4 Å². The van der Waals surface area contributed by atoms with Gasteiger partial charge in [-0.3, -0.25) is 4.79 Å². The number of aliphatic hydroxyl groups is 1. The minimum atomic E-state index is -0.704. The molecule has 1 amide bonds. The van der Waals surface area contributed by atoms with E-state index in [0.29, 0.717) is 48.6 Å². The summed E-state index contributed by atoms with van der Waals surface area (Å²) in [5.41, 5.74) is -0.704. The SMILES string of the molecule is C[C@@H]1CN(C(=O)c2scc3c2OCCO3)C[C@@]1(O)C1CC1. The highest BCUT2D eigenvalue weighted by atomic mass is 32.1. The van der Waals surface area contributed by atoms with Crippen LogP contribution < -0.4 is 9.47 Å². The largest absolute Gasteiger partial charge is 0.485 e.